The van der Waals surface area contributed by atoms with E-state index in [-0.39, 0.29) is 8.91 Å². The molecule has 0 unspecified atom stereocenters. The zero-order chi connectivity index (χ0) is 5.91. The van der Waals surface area contributed by atoms with Gasteiger partial charge in [0.05, 0.1) is 0 Å². The van der Waals surface area contributed by atoms with Crippen LogP contribution in [0.5, 0.6) is 0 Å². The van der Waals surface area contributed by atoms with Gasteiger partial charge in [-0.3, -0.25) is 0 Å². The third kappa shape index (κ3) is 6.74. The number of hydrogen-bond donors (Lipinski definition) is 1. The second-order valence-electron chi connectivity index (χ2n) is 2.31. The van der Waals surface area contributed by atoms with Crippen LogP contribution in [0.3, 0.4) is 0 Å². The Kier molecular flexibility index (Phi) is 3.22. The van der Waals surface area contributed by atoms with Gasteiger partial charge in [0.2, 0.25) is 0 Å². The maximum Gasteiger partial charge on any atom is 0.302 e. The fourth-order valence-corrected chi connectivity index (χ4v) is 3.70. The summed E-state index contributed by atoms with van der Waals surface area (Å²) in [5, 5.41) is 0. The van der Waals surface area contributed by atoms with Gasteiger partial charge >= 0.3 is 8.91 Å². The number of rotatable bonds is 2. The molecule has 0 amide bonds. The molecule has 0 atom stereocenters. The van der Waals surface area contributed by atoms with Gasteiger partial charge in [-0.25, -0.2) is 0 Å². The Morgan fingerprint density at radius 2 is 1.86 bits per heavy atom. The normalized spacial score (nSPS) is 12.0. The van der Waals surface area contributed by atoms with Gasteiger partial charge in [0.15, 0.2) is 0 Å². The molecule has 0 aromatic heterocycles. The Hall–Kier alpha value is 0.744. The van der Waals surface area contributed by atoms with Crippen LogP contribution in [-0.2, 0) is 0 Å². The van der Waals surface area contributed by atoms with Gasteiger partial charge < -0.3 is 4.80 Å². The molecule has 0 heterocycles. The predicted octanol–water partition coefficient (Wildman–Crippen LogP) is 1.08. The first-order chi connectivity index (χ1) is 3.06. The van der Waals surface area contributed by atoms with Crippen molar-refractivity contribution in [2.24, 2.45) is 0 Å². The highest BCUT2D eigenvalue weighted by Gasteiger charge is 2.12. The van der Waals surface area contributed by atoms with Crippen LogP contribution in [0.1, 0.15) is 0 Å². The lowest BCUT2D eigenvalue weighted by Gasteiger charge is -2.10. The highest BCUT2D eigenvalue weighted by atomic mass is 32.5. The lowest BCUT2D eigenvalue weighted by Crippen LogP contribution is -2.15. The Morgan fingerprint density at radius 3 is 1.86 bits per heavy atom. The molecule has 0 spiro atoms. The molecule has 0 bridgehead atoms. The van der Waals surface area contributed by atoms with Crippen molar-refractivity contribution in [1.29, 1.82) is 0 Å². The fourth-order valence-electron chi connectivity index (χ4n) is 0.137. The third-order valence-corrected chi connectivity index (χ3v) is 9.50. The van der Waals surface area contributed by atoms with Crippen molar-refractivity contribution in [3.63, 3.8) is 0 Å². The van der Waals surface area contributed by atoms with Gasteiger partial charge in [0.1, 0.15) is 7.22 Å². The Bertz CT molecular complexity index is 51.4. The molecule has 42 valence electrons. The lowest BCUT2D eigenvalue weighted by molar-refractivity contribution is 0.623. The molecule has 0 aliphatic carbocycles. The minimum atomic E-state index is -0.978. The summed E-state index contributed by atoms with van der Waals surface area (Å²) in [6.07, 6.45) is 0. The lowest BCUT2D eigenvalue weighted by atomic mass is 11.8. The van der Waals surface area contributed by atoms with Crippen molar-refractivity contribution in [1.82, 2.24) is 0 Å². The SMILES string of the molecule is C[Si](C)(C)S[Si]O. The van der Waals surface area contributed by atoms with Crippen LogP contribution in [0.25, 0.3) is 0 Å². The first kappa shape index (κ1) is 7.74. The van der Waals surface area contributed by atoms with E-state index in [1.807, 2.05) is 0 Å². The van der Waals surface area contributed by atoms with Gasteiger partial charge in [-0.05, 0) is 0 Å². The maximum absolute atomic E-state index is 8.43. The van der Waals surface area contributed by atoms with Crippen molar-refractivity contribution in [2.45, 2.75) is 19.6 Å². The van der Waals surface area contributed by atoms with Gasteiger partial charge in [-0.15, -0.1) is 0 Å². The monoisotopic (exact) mass is 150 g/mol. The second-order valence-corrected chi connectivity index (χ2v) is 13.6. The molecule has 0 aliphatic heterocycles. The van der Waals surface area contributed by atoms with Crippen LogP contribution >= 0.6 is 10.7 Å². The number of hydrogen-bond acceptors (Lipinski definition) is 2. The van der Waals surface area contributed by atoms with Gasteiger partial charge in [0, 0.05) is 0 Å². The zero-order valence-corrected chi connectivity index (χ0v) is 7.67. The highest BCUT2D eigenvalue weighted by Crippen LogP contribution is 2.15. The maximum atomic E-state index is 8.43. The molecule has 1 N–H and O–H groups in total. The van der Waals surface area contributed by atoms with E-state index in [9.17, 15) is 0 Å². The standard InChI is InChI=1S/C3H10OSSi2/c1-7(2,3)5-6-4/h4H,1-3H3. The van der Waals surface area contributed by atoms with Crippen LogP contribution in [0, 0.1) is 0 Å². The third-order valence-electron chi connectivity index (χ3n) is 0.352. The topological polar surface area (TPSA) is 20.2 Å². The predicted molar refractivity (Wildman–Crippen MR) is 38.9 cm³/mol. The van der Waals surface area contributed by atoms with Crippen LogP contribution in [0.4, 0.5) is 0 Å². The molecule has 0 saturated heterocycles. The van der Waals surface area contributed by atoms with E-state index in [1.54, 1.807) is 10.7 Å². The van der Waals surface area contributed by atoms with Crippen molar-refractivity contribution in [3.05, 3.63) is 0 Å². The molecule has 0 rings (SSSR count). The molecule has 0 aliphatic rings. The van der Waals surface area contributed by atoms with Crippen molar-refractivity contribution in [3.8, 4) is 0 Å². The molecular weight excluding hydrogens is 140 g/mol. The summed E-state index contributed by atoms with van der Waals surface area (Å²) in [6.45, 7) is 6.67. The molecule has 4 heteroatoms. The molecule has 7 heavy (non-hydrogen) atoms. The summed E-state index contributed by atoms with van der Waals surface area (Å²) in [6, 6.07) is 0. The van der Waals surface area contributed by atoms with E-state index in [0.29, 0.717) is 0 Å². The molecule has 0 aromatic carbocycles. The van der Waals surface area contributed by atoms with Gasteiger partial charge in [0.25, 0.3) is 0 Å². The summed E-state index contributed by atoms with van der Waals surface area (Å²) < 4.78 is 0. The zero-order valence-electron chi connectivity index (χ0n) is 4.86. The molecule has 0 aromatic rings. The minimum Gasteiger partial charge on any atom is -0.423 e. The molecule has 2 radical (unpaired) electrons. The van der Waals surface area contributed by atoms with E-state index in [1.165, 1.54) is 0 Å². The van der Waals surface area contributed by atoms with E-state index < -0.39 is 7.22 Å². The highest BCUT2D eigenvalue weighted by molar-refractivity contribution is 8.44. The summed E-state index contributed by atoms with van der Waals surface area (Å²) >= 11 is 0. The average Bonchev–Trinajstić information content (AvgIpc) is 1.30. The van der Waals surface area contributed by atoms with E-state index in [2.05, 4.69) is 19.6 Å². The summed E-state index contributed by atoms with van der Waals surface area (Å²) in [4.78, 5) is 8.43. The largest absolute Gasteiger partial charge is 0.423 e. The second kappa shape index (κ2) is 2.91. The molecule has 1 nitrogen and oxygen atoms in total. The van der Waals surface area contributed by atoms with Gasteiger partial charge in [-0.1, -0.05) is 19.6 Å². The van der Waals surface area contributed by atoms with Crippen LogP contribution in [0.2, 0.25) is 19.6 Å². The smallest absolute Gasteiger partial charge is 0.302 e. The average molecular weight is 150 g/mol. The first-order valence-electron chi connectivity index (χ1n) is 2.13. The van der Waals surface area contributed by atoms with E-state index in [0.717, 1.165) is 0 Å². The Labute approximate surface area is 51.8 Å². The molecular formula is C3H10OSSi2. The van der Waals surface area contributed by atoms with Crippen molar-refractivity contribution in [2.75, 3.05) is 0 Å². The molecule has 0 saturated carbocycles. The van der Waals surface area contributed by atoms with Crippen LogP contribution in [-0.4, -0.2) is 20.9 Å². The van der Waals surface area contributed by atoms with E-state index >= 15 is 0 Å². The van der Waals surface area contributed by atoms with Crippen LogP contribution in [0.15, 0.2) is 0 Å². The molecule has 0 fully saturated rings. The van der Waals surface area contributed by atoms with Crippen molar-refractivity contribution < 1.29 is 4.80 Å². The van der Waals surface area contributed by atoms with E-state index in [4.69, 9.17) is 4.80 Å². The summed E-state index contributed by atoms with van der Waals surface area (Å²) in [7, 11) is 0.820. The first-order valence-corrected chi connectivity index (χ1v) is 8.85. The minimum absolute atomic E-state index is 0.0876. The summed E-state index contributed by atoms with van der Waals surface area (Å²) in [5.41, 5.74) is 0. The fraction of sp³-hybridized carbons (Fsp3) is 1.00. The van der Waals surface area contributed by atoms with Crippen LogP contribution < -0.4 is 0 Å². The Balaban J connectivity index is 3.15. The summed E-state index contributed by atoms with van der Waals surface area (Å²) in [5.74, 6) is 0. The van der Waals surface area contributed by atoms with Crippen molar-refractivity contribution >= 4 is 26.8 Å². The van der Waals surface area contributed by atoms with Gasteiger partial charge in [-0.2, -0.15) is 10.7 Å². The Morgan fingerprint density at radius 1 is 1.43 bits per heavy atom. The quantitative estimate of drug-likeness (QED) is 0.595.